The number of benzene rings is 1. The van der Waals surface area contributed by atoms with Crippen LogP contribution in [0.5, 0.6) is 0 Å². The Morgan fingerprint density at radius 1 is 1.10 bits per heavy atom. The number of pyridine rings is 1. The van der Waals surface area contributed by atoms with Gasteiger partial charge in [-0.05, 0) is 37.1 Å². The molecule has 0 saturated carbocycles. The van der Waals surface area contributed by atoms with Crippen LogP contribution < -0.4 is 0 Å². The van der Waals surface area contributed by atoms with Crippen molar-refractivity contribution in [3.63, 3.8) is 0 Å². The van der Waals surface area contributed by atoms with E-state index in [2.05, 4.69) is 10.1 Å². The highest BCUT2D eigenvalue weighted by Crippen LogP contribution is 2.41. The van der Waals surface area contributed by atoms with Crippen molar-refractivity contribution in [1.29, 1.82) is 0 Å². The van der Waals surface area contributed by atoms with Crippen molar-refractivity contribution in [2.45, 2.75) is 25.8 Å². The Labute approximate surface area is 168 Å². The summed E-state index contributed by atoms with van der Waals surface area (Å²) in [6.45, 7) is 2.34. The SMILES string of the molecule is O=C(Cc1noc2ccccc12)N1CCC2(CCN(Cc3ccccn3)C2=O)C1. The second-order valence-corrected chi connectivity index (χ2v) is 7.95. The monoisotopic (exact) mass is 390 g/mol. The summed E-state index contributed by atoms with van der Waals surface area (Å²) in [5.74, 6) is 0.141. The molecule has 1 aromatic carbocycles. The summed E-state index contributed by atoms with van der Waals surface area (Å²) < 4.78 is 5.31. The maximum atomic E-state index is 13.1. The average Bonchev–Trinajstić information content (AvgIpc) is 3.44. The Kier molecular flexibility index (Phi) is 4.30. The van der Waals surface area contributed by atoms with E-state index in [4.69, 9.17) is 4.52 Å². The van der Waals surface area contributed by atoms with Gasteiger partial charge in [-0.3, -0.25) is 14.6 Å². The summed E-state index contributed by atoms with van der Waals surface area (Å²) in [4.78, 5) is 34.0. The van der Waals surface area contributed by atoms with Crippen LogP contribution in [0.25, 0.3) is 11.0 Å². The molecule has 2 aliphatic heterocycles. The largest absolute Gasteiger partial charge is 0.356 e. The van der Waals surface area contributed by atoms with Gasteiger partial charge in [0.05, 0.1) is 24.1 Å². The molecule has 5 rings (SSSR count). The normalized spacial score (nSPS) is 21.6. The number of carbonyl (C=O) groups excluding carboxylic acids is 2. The molecule has 2 amide bonds. The summed E-state index contributed by atoms with van der Waals surface area (Å²) in [6.07, 6.45) is 3.44. The minimum absolute atomic E-state index is 0.00287. The lowest BCUT2D eigenvalue weighted by Crippen LogP contribution is -2.38. The average molecular weight is 390 g/mol. The predicted octanol–water partition coefficient (Wildman–Crippen LogP) is 2.42. The van der Waals surface area contributed by atoms with Gasteiger partial charge in [0.25, 0.3) is 0 Å². The second kappa shape index (κ2) is 6.99. The van der Waals surface area contributed by atoms with Crippen LogP contribution in [0.3, 0.4) is 0 Å². The van der Waals surface area contributed by atoms with E-state index in [1.807, 2.05) is 52.3 Å². The van der Waals surface area contributed by atoms with E-state index in [9.17, 15) is 9.59 Å². The third-order valence-electron chi connectivity index (χ3n) is 6.16. The van der Waals surface area contributed by atoms with Crippen LogP contribution in [0.15, 0.2) is 53.2 Å². The fraction of sp³-hybridized carbons (Fsp3) is 0.364. The molecule has 0 bridgehead atoms. The number of hydrogen-bond acceptors (Lipinski definition) is 5. The van der Waals surface area contributed by atoms with Crippen molar-refractivity contribution < 1.29 is 14.1 Å². The standard InChI is InChI=1S/C22H22N4O3/c27-20(13-18-17-6-1-2-7-19(17)29-24-18)26-12-9-22(15-26)8-11-25(21(22)28)14-16-5-3-4-10-23-16/h1-7,10H,8-9,11-15H2. The zero-order chi connectivity index (χ0) is 19.8. The maximum absolute atomic E-state index is 13.1. The quantitative estimate of drug-likeness (QED) is 0.684. The van der Waals surface area contributed by atoms with E-state index in [-0.39, 0.29) is 18.2 Å². The van der Waals surface area contributed by atoms with Gasteiger partial charge in [-0.1, -0.05) is 23.4 Å². The first-order valence-corrected chi connectivity index (χ1v) is 9.95. The highest BCUT2D eigenvalue weighted by atomic mass is 16.5. The highest BCUT2D eigenvalue weighted by Gasteiger charge is 2.51. The van der Waals surface area contributed by atoms with Crippen LogP contribution in [0.4, 0.5) is 0 Å². The summed E-state index contributed by atoms with van der Waals surface area (Å²) in [7, 11) is 0. The molecule has 2 fully saturated rings. The molecule has 4 heterocycles. The molecule has 7 heteroatoms. The van der Waals surface area contributed by atoms with Crippen molar-refractivity contribution in [1.82, 2.24) is 19.9 Å². The predicted molar refractivity (Wildman–Crippen MR) is 106 cm³/mol. The zero-order valence-corrected chi connectivity index (χ0v) is 16.1. The van der Waals surface area contributed by atoms with Gasteiger partial charge in [0.15, 0.2) is 5.58 Å². The van der Waals surface area contributed by atoms with Crippen molar-refractivity contribution in [3.8, 4) is 0 Å². The van der Waals surface area contributed by atoms with Crippen molar-refractivity contribution in [2.24, 2.45) is 5.41 Å². The van der Waals surface area contributed by atoms with Gasteiger partial charge in [0.2, 0.25) is 11.8 Å². The number of carbonyl (C=O) groups is 2. The van der Waals surface area contributed by atoms with Crippen LogP contribution in [0.1, 0.15) is 24.2 Å². The van der Waals surface area contributed by atoms with E-state index in [0.717, 1.165) is 23.9 Å². The smallest absolute Gasteiger partial charge is 0.231 e. The number of rotatable bonds is 4. The number of amides is 2. The minimum atomic E-state index is -0.448. The Morgan fingerprint density at radius 2 is 1.93 bits per heavy atom. The molecule has 7 nitrogen and oxygen atoms in total. The fourth-order valence-electron chi connectivity index (χ4n) is 4.52. The van der Waals surface area contributed by atoms with Crippen molar-refractivity contribution in [2.75, 3.05) is 19.6 Å². The van der Waals surface area contributed by atoms with E-state index in [0.29, 0.717) is 37.5 Å². The molecule has 0 aliphatic carbocycles. The number of likely N-dealkylation sites (tertiary alicyclic amines) is 2. The molecule has 1 atom stereocenters. The molecule has 0 radical (unpaired) electrons. The number of hydrogen-bond donors (Lipinski definition) is 0. The molecule has 3 aromatic rings. The van der Waals surface area contributed by atoms with Crippen molar-refractivity contribution >= 4 is 22.8 Å². The van der Waals surface area contributed by atoms with Crippen LogP contribution in [0, 0.1) is 5.41 Å². The van der Waals surface area contributed by atoms with Gasteiger partial charge in [-0.25, -0.2) is 0 Å². The Balaban J connectivity index is 1.26. The number of fused-ring (bicyclic) bond motifs is 1. The van der Waals surface area contributed by atoms with Crippen LogP contribution in [-0.2, 0) is 22.6 Å². The van der Waals surface area contributed by atoms with Gasteiger partial charge in [0, 0.05) is 31.2 Å². The molecular weight excluding hydrogens is 368 g/mol. The van der Waals surface area contributed by atoms with E-state index in [1.54, 1.807) is 6.20 Å². The zero-order valence-electron chi connectivity index (χ0n) is 16.1. The van der Waals surface area contributed by atoms with Crippen LogP contribution >= 0.6 is 0 Å². The van der Waals surface area contributed by atoms with E-state index < -0.39 is 5.41 Å². The molecule has 2 aliphatic rings. The van der Waals surface area contributed by atoms with Crippen molar-refractivity contribution in [3.05, 3.63) is 60.0 Å². The minimum Gasteiger partial charge on any atom is -0.356 e. The Morgan fingerprint density at radius 3 is 2.79 bits per heavy atom. The number of para-hydroxylation sites is 1. The molecule has 1 unspecified atom stereocenters. The van der Waals surface area contributed by atoms with Gasteiger partial charge in [0.1, 0.15) is 5.69 Å². The molecule has 1 spiro atoms. The summed E-state index contributed by atoms with van der Waals surface area (Å²) in [5, 5.41) is 4.93. The first-order chi connectivity index (χ1) is 14.1. The lowest BCUT2D eigenvalue weighted by molar-refractivity contribution is -0.136. The topological polar surface area (TPSA) is 79.5 Å². The molecule has 2 aromatic heterocycles. The lowest BCUT2D eigenvalue weighted by Gasteiger charge is -2.23. The molecule has 29 heavy (non-hydrogen) atoms. The summed E-state index contributed by atoms with van der Waals surface area (Å²) in [6, 6.07) is 13.3. The third-order valence-corrected chi connectivity index (χ3v) is 6.16. The number of aromatic nitrogens is 2. The van der Waals surface area contributed by atoms with Crippen LogP contribution in [0.2, 0.25) is 0 Å². The molecule has 2 saturated heterocycles. The lowest BCUT2D eigenvalue weighted by atomic mass is 9.85. The second-order valence-electron chi connectivity index (χ2n) is 7.95. The third kappa shape index (κ3) is 3.16. The van der Waals surface area contributed by atoms with Crippen LogP contribution in [-0.4, -0.2) is 51.4 Å². The van der Waals surface area contributed by atoms with E-state index in [1.165, 1.54) is 0 Å². The first-order valence-electron chi connectivity index (χ1n) is 9.95. The number of nitrogens with zero attached hydrogens (tertiary/aromatic N) is 4. The van der Waals surface area contributed by atoms with Gasteiger partial charge < -0.3 is 14.3 Å². The highest BCUT2D eigenvalue weighted by molar-refractivity contribution is 5.89. The fourth-order valence-corrected chi connectivity index (χ4v) is 4.52. The van der Waals surface area contributed by atoms with Gasteiger partial charge >= 0.3 is 0 Å². The van der Waals surface area contributed by atoms with Gasteiger partial charge in [-0.15, -0.1) is 0 Å². The molecular formula is C22H22N4O3. The molecule has 148 valence electrons. The maximum Gasteiger partial charge on any atom is 0.231 e. The Bertz CT molecular complexity index is 1060. The summed E-state index contributed by atoms with van der Waals surface area (Å²) in [5.41, 5.74) is 1.78. The van der Waals surface area contributed by atoms with Gasteiger partial charge in [-0.2, -0.15) is 0 Å². The first kappa shape index (κ1) is 17.8. The van der Waals surface area contributed by atoms with E-state index >= 15 is 0 Å². The summed E-state index contributed by atoms with van der Waals surface area (Å²) >= 11 is 0. The molecule has 0 N–H and O–H groups in total. The Hall–Kier alpha value is -3.22.